The molecule has 0 unspecified atom stereocenters. The molecule has 8 aromatic carbocycles. The van der Waals surface area contributed by atoms with E-state index >= 15 is 0 Å². The molecule has 0 saturated heterocycles. The van der Waals surface area contributed by atoms with Crippen LogP contribution in [-0.2, 0) is 0 Å². The Morgan fingerprint density at radius 1 is 0.370 bits per heavy atom. The van der Waals surface area contributed by atoms with Crippen LogP contribution in [0.1, 0.15) is 11.1 Å². The lowest BCUT2D eigenvalue weighted by molar-refractivity contribution is 1.17. The minimum atomic E-state index is 0.479. The van der Waals surface area contributed by atoms with Crippen LogP contribution in [-0.4, -0.2) is 9.13 Å². The molecule has 0 radical (unpaired) electrons. The van der Waals surface area contributed by atoms with E-state index < -0.39 is 0 Å². The van der Waals surface area contributed by atoms with Gasteiger partial charge in [-0.15, -0.1) is 0 Å². The molecule has 0 aliphatic rings. The Bertz CT molecular complexity index is 3140. The number of para-hydroxylation sites is 3. The number of aromatic nitrogens is 2. The van der Waals surface area contributed by atoms with Crippen molar-refractivity contribution in [2.45, 2.75) is 0 Å². The quantitative estimate of drug-likeness (QED) is 0.181. The average Bonchev–Trinajstić information content (AvgIpc) is 3.76. The van der Waals surface area contributed by atoms with Crippen LogP contribution in [0.15, 0.2) is 182 Å². The SMILES string of the molecule is N#Cc1c(-c2ccccc2)cc(-c2ccc3c4ccc5c(c6ccccc6n5-c5ccccc5)c4n(-c4ccccc4)c3c2)c(C#N)c1-c1ccccc1. The third-order valence-corrected chi connectivity index (χ3v) is 10.6. The van der Waals surface area contributed by atoms with E-state index in [2.05, 4.69) is 130 Å². The molecule has 10 aromatic rings. The Morgan fingerprint density at radius 3 is 1.56 bits per heavy atom. The number of hydrogen-bond donors (Lipinski definition) is 0. The number of benzene rings is 8. The topological polar surface area (TPSA) is 57.4 Å². The van der Waals surface area contributed by atoms with Crippen LogP contribution in [0, 0.1) is 22.7 Å². The number of nitriles is 2. The van der Waals surface area contributed by atoms with Crippen molar-refractivity contribution in [1.82, 2.24) is 9.13 Å². The lowest BCUT2D eigenvalue weighted by Gasteiger charge is -2.17. The number of fused-ring (bicyclic) bond motifs is 7. The van der Waals surface area contributed by atoms with Crippen molar-refractivity contribution in [3.05, 3.63) is 193 Å². The van der Waals surface area contributed by atoms with E-state index in [1.165, 1.54) is 10.8 Å². The van der Waals surface area contributed by atoms with E-state index in [1.54, 1.807) is 0 Å². The molecule has 0 atom stereocenters. The van der Waals surface area contributed by atoms with Gasteiger partial charge in [0.25, 0.3) is 0 Å². The second kappa shape index (κ2) is 12.5. The predicted molar refractivity (Wildman–Crippen MR) is 221 cm³/mol. The van der Waals surface area contributed by atoms with Crippen LogP contribution in [0.25, 0.3) is 88.4 Å². The molecule has 2 heterocycles. The molecule has 0 saturated carbocycles. The van der Waals surface area contributed by atoms with Gasteiger partial charge in [0.2, 0.25) is 0 Å². The summed E-state index contributed by atoms with van der Waals surface area (Å²) in [5, 5.41) is 26.2. The van der Waals surface area contributed by atoms with E-state index in [0.29, 0.717) is 16.7 Å². The van der Waals surface area contributed by atoms with Gasteiger partial charge in [-0.05, 0) is 65.2 Å². The molecule has 0 fully saturated rings. The maximum absolute atomic E-state index is 10.9. The van der Waals surface area contributed by atoms with E-state index in [0.717, 1.165) is 72.0 Å². The van der Waals surface area contributed by atoms with Gasteiger partial charge in [-0.25, -0.2) is 0 Å². The maximum Gasteiger partial charge on any atom is 0.100 e. The molecule has 250 valence electrons. The standard InChI is InChI=1S/C50H30N4/c51-31-43-41(33-15-5-1-6-16-33)30-42(44(32-52)48(43)34-17-7-2-8-18-34)35-25-26-38-39-27-28-46-49(50(39)54(47(38)29-35)37-21-11-4-12-22-37)40-23-13-14-24-45(40)53(46)36-19-9-3-10-20-36/h1-30H. The summed E-state index contributed by atoms with van der Waals surface area (Å²) in [5.41, 5.74) is 12.5. The Hall–Kier alpha value is -7.66. The molecule has 10 rings (SSSR count). The van der Waals surface area contributed by atoms with E-state index in [-0.39, 0.29) is 0 Å². The van der Waals surface area contributed by atoms with Gasteiger partial charge < -0.3 is 9.13 Å². The van der Waals surface area contributed by atoms with Crippen molar-refractivity contribution >= 4 is 43.6 Å². The molecule has 0 spiro atoms. The highest BCUT2D eigenvalue weighted by molar-refractivity contribution is 6.26. The maximum atomic E-state index is 10.9. The van der Waals surface area contributed by atoms with Gasteiger partial charge >= 0.3 is 0 Å². The Balaban J connectivity index is 1.34. The first-order valence-electron chi connectivity index (χ1n) is 18.0. The van der Waals surface area contributed by atoms with Gasteiger partial charge in [0.1, 0.15) is 12.1 Å². The molecule has 0 amide bonds. The number of rotatable bonds is 5. The molecule has 4 nitrogen and oxygen atoms in total. The molecule has 54 heavy (non-hydrogen) atoms. The smallest absolute Gasteiger partial charge is 0.100 e. The van der Waals surface area contributed by atoms with E-state index in [1.807, 2.05) is 72.8 Å². The fraction of sp³-hybridized carbons (Fsp3) is 0. The zero-order chi connectivity index (χ0) is 36.2. The highest BCUT2D eigenvalue weighted by Gasteiger charge is 2.24. The minimum absolute atomic E-state index is 0.479. The Morgan fingerprint density at radius 2 is 0.907 bits per heavy atom. The lowest BCUT2D eigenvalue weighted by atomic mass is 9.84. The fourth-order valence-electron chi connectivity index (χ4n) is 8.31. The van der Waals surface area contributed by atoms with Crippen molar-refractivity contribution < 1.29 is 0 Å². The van der Waals surface area contributed by atoms with Crippen LogP contribution in [0.3, 0.4) is 0 Å². The number of hydrogen-bond acceptors (Lipinski definition) is 2. The summed E-state index contributed by atoms with van der Waals surface area (Å²) in [6, 6.07) is 67.6. The highest BCUT2D eigenvalue weighted by atomic mass is 15.0. The van der Waals surface area contributed by atoms with Gasteiger partial charge in [0.05, 0.1) is 33.2 Å². The molecule has 2 aromatic heterocycles. The zero-order valence-corrected chi connectivity index (χ0v) is 29.1. The van der Waals surface area contributed by atoms with Crippen LogP contribution in [0.5, 0.6) is 0 Å². The first-order chi connectivity index (χ1) is 26.7. The lowest BCUT2D eigenvalue weighted by Crippen LogP contribution is -1.98. The minimum Gasteiger partial charge on any atom is -0.309 e. The van der Waals surface area contributed by atoms with Gasteiger partial charge in [-0.2, -0.15) is 10.5 Å². The van der Waals surface area contributed by atoms with E-state index in [9.17, 15) is 10.5 Å². The molecule has 0 aliphatic carbocycles. The summed E-state index contributed by atoms with van der Waals surface area (Å²) in [6.45, 7) is 0. The summed E-state index contributed by atoms with van der Waals surface area (Å²) < 4.78 is 4.74. The fourth-order valence-corrected chi connectivity index (χ4v) is 8.31. The zero-order valence-electron chi connectivity index (χ0n) is 29.1. The molecule has 0 N–H and O–H groups in total. The summed E-state index contributed by atoms with van der Waals surface area (Å²) in [5.74, 6) is 0. The van der Waals surface area contributed by atoms with Gasteiger partial charge in [-0.3, -0.25) is 0 Å². The van der Waals surface area contributed by atoms with Crippen molar-refractivity contribution in [2.75, 3.05) is 0 Å². The van der Waals surface area contributed by atoms with Gasteiger partial charge in [-0.1, -0.05) is 133 Å². The highest BCUT2D eigenvalue weighted by Crippen LogP contribution is 2.45. The van der Waals surface area contributed by atoms with Crippen LogP contribution >= 0.6 is 0 Å². The molecule has 0 bridgehead atoms. The second-order valence-electron chi connectivity index (χ2n) is 13.5. The second-order valence-corrected chi connectivity index (χ2v) is 13.5. The normalized spacial score (nSPS) is 11.3. The van der Waals surface area contributed by atoms with Gasteiger partial charge in [0, 0.05) is 49.6 Å². The third kappa shape index (κ3) is 4.68. The van der Waals surface area contributed by atoms with Crippen molar-refractivity contribution in [3.63, 3.8) is 0 Å². The third-order valence-electron chi connectivity index (χ3n) is 10.6. The Labute approximate surface area is 312 Å². The molecule has 4 heteroatoms. The van der Waals surface area contributed by atoms with Crippen LogP contribution in [0.4, 0.5) is 0 Å². The molecular formula is C50H30N4. The Kier molecular flexibility index (Phi) is 7.22. The predicted octanol–water partition coefficient (Wildman–Crippen LogP) is 12.6. The molecular weight excluding hydrogens is 657 g/mol. The van der Waals surface area contributed by atoms with Crippen molar-refractivity contribution in [3.8, 4) is 56.9 Å². The van der Waals surface area contributed by atoms with Gasteiger partial charge in [0.15, 0.2) is 0 Å². The first kappa shape index (κ1) is 31.1. The first-order valence-corrected chi connectivity index (χ1v) is 18.0. The van der Waals surface area contributed by atoms with Crippen molar-refractivity contribution in [1.29, 1.82) is 10.5 Å². The number of nitrogens with zero attached hydrogens (tertiary/aromatic N) is 4. The summed E-state index contributed by atoms with van der Waals surface area (Å²) >= 11 is 0. The summed E-state index contributed by atoms with van der Waals surface area (Å²) in [4.78, 5) is 0. The van der Waals surface area contributed by atoms with Crippen LogP contribution < -0.4 is 0 Å². The molecule has 0 aliphatic heterocycles. The monoisotopic (exact) mass is 686 g/mol. The summed E-state index contributed by atoms with van der Waals surface area (Å²) in [7, 11) is 0. The summed E-state index contributed by atoms with van der Waals surface area (Å²) in [6.07, 6.45) is 0. The van der Waals surface area contributed by atoms with Crippen LogP contribution in [0.2, 0.25) is 0 Å². The largest absolute Gasteiger partial charge is 0.309 e. The van der Waals surface area contributed by atoms with E-state index in [4.69, 9.17) is 0 Å². The van der Waals surface area contributed by atoms with Crippen molar-refractivity contribution in [2.24, 2.45) is 0 Å². The average molecular weight is 687 g/mol.